The van der Waals surface area contributed by atoms with Gasteiger partial charge in [-0.2, -0.15) is 0 Å². The van der Waals surface area contributed by atoms with Gasteiger partial charge in [0.15, 0.2) is 5.11 Å². The molecule has 1 aromatic carbocycles. The molecule has 0 radical (unpaired) electrons. The zero-order valence-electron chi connectivity index (χ0n) is 19.6. The molecule has 3 heterocycles. The van der Waals surface area contributed by atoms with Crippen molar-refractivity contribution in [2.45, 2.75) is 38.4 Å². The van der Waals surface area contributed by atoms with Gasteiger partial charge in [0.2, 0.25) is 5.91 Å². The summed E-state index contributed by atoms with van der Waals surface area (Å²) in [4.78, 5) is 18.6. The molecule has 3 aromatic rings. The van der Waals surface area contributed by atoms with Crippen LogP contribution in [0.5, 0.6) is 0 Å². The zero-order valence-corrected chi connectivity index (χ0v) is 21.2. The number of pyridine rings is 1. The van der Waals surface area contributed by atoms with Crippen molar-refractivity contribution in [3.05, 3.63) is 77.3 Å². The summed E-state index contributed by atoms with van der Waals surface area (Å²) in [6.07, 6.45) is 6.03. The number of anilines is 2. The first-order valence-corrected chi connectivity index (χ1v) is 11.7. The molecule has 9 heteroatoms. The lowest BCUT2D eigenvalue weighted by molar-refractivity contribution is -0.119. The van der Waals surface area contributed by atoms with E-state index in [1.165, 1.54) is 7.11 Å². The molecule has 2 aromatic heterocycles. The summed E-state index contributed by atoms with van der Waals surface area (Å²) >= 11 is 12.3. The minimum atomic E-state index is -0.271. The summed E-state index contributed by atoms with van der Waals surface area (Å²) in [5.41, 5.74) is 3.28. The summed E-state index contributed by atoms with van der Waals surface area (Å²) in [5.74, 6) is -0.271. The van der Waals surface area contributed by atoms with Gasteiger partial charge in [-0.3, -0.25) is 9.78 Å². The van der Waals surface area contributed by atoms with E-state index in [1.54, 1.807) is 12.3 Å². The topological polar surface area (TPSA) is 71.4 Å². The quantitative estimate of drug-likeness (QED) is 0.464. The minimum absolute atomic E-state index is 0.0448. The molecule has 1 aliphatic rings. The van der Waals surface area contributed by atoms with Gasteiger partial charge in [-0.15, -0.1) is 0 Å². The lowest BCUT2D eigenvalue weighted by Crippen LogP contribution is -2.29. The molecular weight excluding hydrogens is 470 g/mol. The maximum absolute atomic E-state index is 11.9. The third-order valence-electron chi connectivity index (χ3n) is 5.71. The van der Waals surface area contributed by atoms with Gasteiger partial charge in [0.25, 0.3) is 0 Å². The third kappa shape index (κ3) is 4.94. The summed E-state index contributed by atoms with van der Waals surface area (Å²) in [6, 6.07) is 13.2. The number of methoxy groups -OCH3 is 1. The van der Waals surface area contributed by atoms with E-state index in [2.05, 4.69) is 64.3 Å². The van der Waals surface area contributed by atoms with Crippen LogP contribution in [0, 0.1) is 0 Å². The number of nitrogens with one attached hydrogen (secondary N) is 2. The number of ether oxygens (including phenoxy) is 1. The van der Waals surface area contributed by atoms with Crippen molar-refractivity contribution in [1.29, 1.82) is 0 Å². The van der Waals surface area contributed by atoms with E-state index < -0.39 is 0 Å². The zero-order chi connectivity index (χ0) is 24.5. The Morgan fingerprint density at radius 2 is 2.06 bits per heavy atom. The molecule has 0 aliphatic carbocycles. The average Bonchev–Trinajstić information content (AvgIpc) is 3.41. The van der Waals surface area contributed by atoms with Crippen LogP contribution in [0.25, 0.3) is 0 Å². The summed E-state index contributed by atoms with van der Waals surface area (Å²) in [6.45, 7) is 6.45. The predicted octanol–water partition coefficient (Wildman–Crippen LogP) is 5.05. The fourth-order valence-electron chi connectivity index (χ4n) is 4.05. The first-order chi connectivity index (χ1) is 16.2. The van der Waals surface area contributed by atoms with Crippen molar-refractivity contribution in [1.82, 2.24) is 14.9 Å². The van der Waals surface area contributed by atoms with Gasteiger partial charge in [-0.05, 0) is 75.0 Å². The van der Waals surface area contributed by atoms with Crippen LogP contribution >= 0.6 is 23.8 Å². The minimum Gasteiger partial charge on any atom is -0.375 e. The Hall–Kier alpha value is -2.94. The number of halogens is 1. The molecule has 34 heavy (non-hydrogen) atoms. The third-order valence-corrected chi connectivity index (χ3v) is 6.34. The molecular formula is C25H28ClN5O2S. The molecule has 1 amide bonds. The lowest BCUT2D eigenvalue weighted by Gasteiger charge is -2.28. The van der Waals surface area contributed by atoms with Crippen LogP contribution in [0.1, 0.15) is 44.1 Å². The molecule has 4 rings (SSSR count). The van der Waals surface area contributed by atoms with Crippen LogP contribution in [0.2, 0.25) is 5.02 Å². The number of amides is 1. The number of benzene rings is 1. The first-order valence-electron chi connectivity index (χ1n) is 11.0. The van der Waals surface area contributed by atoms with E-state index in [0.717, 1.165) is 16.9 Å². The van der Waals surface area contributed by atoms with E-state index in [0.29, 0.717) is 15.8 Å². The Morgan fingerprint density at radius 3 is 2.68 bits per heavy atom. The van der Waals surface area contributed by atoms with Crippen molar-refractivity contribution < 1.29 is 9.53 Å². The number of thiocarbonyl (C=S) groups is 1. The summed E-state index contributed by atoms with van der Waals surface area (Å²) in [7, 11) is 1.47. The number of aromatic nitrogens is 2. The number of carbonyl (C=O) groups excluding carboxylic acids is 1. The number of carbonyl (C=O) groups is 1. The smallest absolute Gasteiger partial charge is 0.250 e. The van der Waals surface area contributed by atoms with Gasteiger partial charge in [0.1, 0.15) is 6.61 Å². The van der Waals surface area contributed by atoms with E-state index >= 15 is 0 Å². The van der Waals surface area contributed by atoms with Gasteiger partial charge < -0.3 is 24.8 Å². The fraction of sp³-hybridized carbons (Fsp3) is 0.320. The SMILES string of the molecule is COCC(=O)Nc1ccc(N2C(=S)NC(c3ccccn3)C2c2ccn(C(C)(C)C)c2)cc1Cl. The molecule has 0 spiro atoms. The van der Waals surface area contributed by atoms with Crippen LogP contribution in [-0.4, -0.2) is 34.3 Å². The molecule has 0 bridgehead atoms. The second-order valence-electron chi connectivity index (χ2n) is 9.16. The highest BCUT2D eigenvalue weighted by molar-refractivity contribution is 7.80. The molecule has 2 N–H and O–H groups in total. The van der Waals surface area contributed by atoms with Crippen molar-refractivity contribution in [2.75, 3.05) is 23.9 Å². The molecule has 178 valence electrons. The molecule has 1 fully saturated rings. The molecule has 1 saturated heterocycles. The fourth-order valence-corrected chi connectivity index (χ4v) is 4.62. The molecule has 1 aliphatic heterocycles. The Morgan fingerprint density at radius 1 is 1.26 bits per heavy atom. The summed E-state index contributed by atoms with van der Waals surface area (Å²) in [5, 5.41) is 7.21. The van der Waals surface area contributed by atoms with Crippen molar-refractivity contribution >= 4 is 46.2 Å². The second-order valence-corrected chi connectivity index (χ2v) is 9.96. The average molecular weight is 498 g/mol. The molecule has 2 atom stereocenters. The van der Waals surface area contributed by atoms with Gasteiger partial charge in [0.05, 0.1) is 28.5 Å². The normalized spacial score (nSPS) is 18.1. The number of rotatable bonds is 6. The van der Waals surface area contributed by atoms with Crippen LogP contribution in [0.3, 0.4) is 0 Å². The maximum atomic E-state index is 11.9. The van der Waals surface area contributed by atoms with E-state index in [1.807, 2.05) is 30.3 Å². The van der Waals surface area contributed by atoms with Gasteiger partial charge in [-0.25, -0.2) is 0 Å². The monoisotopic (exact) mass is 497 g/mol. The summed E-state index contributed by atoms with van der Waals surface area (Å²) < 4.78 is 7.07. The number of nitrogens with zero attached hydrogens (tertiary/aromatic N) is 3. The molecule has 2 unspecified atom stereocenters. The standard InChI is InChI=1S/C25H28ClN5O2S/c1-25(2,3)30-12-10-16(14-30)23-22(20-7-5-6-11-27-20)29-24(34)31(23)17-8-9-19(18(26)13-17)28-21(32)15-33-4/h5-14,22-23H,15H2,1-4H3,(H,28,32)(H,29,34). The Labute approximate surface area is 210 Å². The van der Waals surface area contributed by atoms with E-state index in [-0.39, 0.29) is 30.1 Å². The predicted molar refractivity (Wildman–Crippen MR) is 139 cm³/mol. The van der Waals surface area contributed by atoms with Gasteiger partial charge >= 0.3 is 0 Å². The van der Waals surface area contributed by atoms with Crippen molar-refractivity contribution in [2.24, 2.45) is 0 Å². The highest BCUT2D eigenvalue weighted by atomic mass is 35.5. The maximum Gasteiger partial charge on any atom is 0.250 e. The second kappa shape index (κ2) is 9.74. The Balaban J connectivity index is 1.74. The highest BCUT2D eigenvalue weighted by Gasteiger charge is 2.41. The Bertz CT molecular complexity index is 1190. The number of hydrogen-bond donors (Lipinski definition) is 2. The number of hydrogen-bond acceptors (Lipinski definition) is 4. The van der Waals surface area contributed by atoms with Gasteiger partial charge in [-0.1, -0.05) is 17.7 Å². The van der Waals surface area contributed by atoms with Crippen molar-refractivity contribution in [3.8, 4) is 0 Å². The highest BCUT2D eigenvalue weighted by Crippen LogP contribution is 2.43. The van der Waals surface area contributed by atoms with Crippen LogP contribution in [-0.2, 0) is 15.1 Å². The molecule has 0 saturated carbocycles. The van der Waals surface area contributed by atoms with Crippen LogP contribution < -0.4 is 15.5 Å². The van der Waals surface area contributed by atoms with E-state index in [4.69, 9.17) is 28.6 Å². The molecule has 7 nitrogen and oxygen atoms in total. The van der Waals surface area contributed by atoms with Crippen molar-refractivity contribution in [3.63, 3.8) is 0 Å². The van der Waals surface area contributed by atoms with Crippen LogP contribution in [0.15, 0.2) is 61.1 Å². The van der Waals surface area contributed by atoms with Gasteiger partial charge in [0, 0.05) is 36.9 Å². The first kappa shape index (κ1) is 24.2. The van der Waals surface area contributed by atoms with Crippen LogP contribution in [0.4, 0.5) is 11.4 Å². The Kier molecular flexibility index (Phi) is 6.93. The largest absolute Gasteiger partial charge is 0.375 e. The lowest BCUT2D eigenvalue weighted by atomic mass is 9.98. The van der Waals surface area contributed by atoms with E-state index in [9.17, 15) is 4.79 Å².